The van der Waals surface area contributed by atoms with Crippen molar-refractivity contribution < 1.29 is 18.0 Å². The number of nitrogens with one attached hydrogen (secondary N) is 2. The van der Waals surface area contributed by atoms with E-state index >= 15 is 0 Å². The van der Waals surface area contributed by atoms with Gasteiger partial charge in [-0.3, -0.25) is 14.5 Å². The third kappa shape index (κ3) is 4.77. The summed E-state index contributed by atoms with van der Waals surface area (Å²) in [7, 11) is 0. The van der Waals surface area contributed by atoms with Crippen molar-refractivity contribution in [2.75, 3.05) is 19.6 Å². The third-order valence-corrected chi connectivity index (χ3v) is 6.01. The van der Waals surface area contributed by atoms with Crippen LogP contribution in [0.15, 0.2) is 29.2 Å². The summed E-state index contributed by atoms with van der Waals surface area (Å²) >= 11 is 5.73. The molecule has 176 valence electrons. The molecule has 0 spiro atoms. The second-order valence-electron chi connectivity index (χ2n) is 8.45. The summed E-state index contributed by atoms with van der Waals surface area (Å²) in [4.78, 5) is 30.3. The first-order valence-electron chi connectivity index (χ1n) is 10.6. The van der Waals surface area contributed by atoms with Crippen molar-refractivity contribution in [2.24, 2.45) is 0 Å². The first-order valence-corrected chi connectivity index (χ1v) is 10.9. The van der Waals surface area contributed by atoms with Gasteiger partial charge in [0, 0.05) is 36.5 Å². The average Bonchev–Trinajstić information content (AvgIpc) is 3.34. The molecule has 3 aromatic rings. The van der Waals surface area contributed by atoms with E-state index in [-0.39, 0.29) is 40.4 Å². The molecule has 0 radical (unpaired) electrons. The van der Waals surface area contributed by atoms with E-state index < -0.39 is 23.7 Å². The highest BCUT2D eigenvalue weighted by Crippen LogP contribution is 2.26. The number of hydrogen-bond donors (Lipinski definition) is 2. The molecule has 1 fully saturated rings. The Kier molecular flexibility index (Phi) is 6.49. The number of carbonyl (C=O) groups is 1. The lowest BCUT2D eigenvalue weighted by atomic mass is 9.99. The Hall–Kier alpha value is -2.85. The van der Waals surface area contributed by atoms with Crippen LogP contribution in [0.2, 0.25) is 5.02 Å². The average molecular weight is 482 g/mol. The smallest absolute Gasteiger partial charge is 0.275 e. The fraction of sp³-hybridized carbons (Fsp3) is 0.409. The van der Waals surface area contributed by atoms with Gasteiger partial charge >= 0.3 is 0 Å². The Balaban J connectivity index is 1.67. The second-order valence-corrected chi connectivity index (χ2v) is 8.85. The lowest BCUT2D eigenvalue weighted by Gasteiger charge is -2.16. The van der Waals surface area contributed by atoms with Crippen LogP contribution in [0, 0.1) is 5.82 Å². The fourth-order valence-electron chi connectivity index (χ4n) is 4.23. The van der Waals surface area contributed by atoms with Crippen LogP contribution in [0.4, 0.5) is 13.2 Å². The van der Waals surface area contributed by atoms with Gasteiger partial charge in [-0.1, -0.05) is 25.4 Å². The fourth-order valence-corrected chi connectivity index (χ4v) is 4.34. The number of likely N-dealkylation sites (tertiary alicyclic amines) is 1. The van der Waals surface area contributed by atoms with Crippen molar-refractivity contribution in [3.05, 3.63) is 56.7 Å². The molecule has 0 aliphatic carbocycles. The zero-order valence-electron chi connectivity index (χ0n) is 18.0. The molecule has 4 rings (SSSR count). The molecule has 1 saturated heterocycles. The number of alkyl halides is 2. The first kappa shape index (κ1) is 23.3. The minimum atomic E-state index is -2.43. The maximum Gasteiger partial charge on any atom is 0.275 e. The van der Waals surface area contributed by atoms with E-state index in [9.17, 15) is 22.8 Å². The number of H-pyrrole nitrogens is 1. The number of halogens is 4. The van der Waals surface area contributed by atoms with Crippen LogP contribution in [0.25, 0.3) is 16.9 Å². The molecule has 2 N–H and O–H groups in total. The zero-order valence-corrected chi connectivity index (χ0v) is 18.8. The number of hydrogen-bond acceptors (Lipinski definition) is 4. The predicted molar refractivity (Wildman–Crippen MR) is 119 cm³/mol. The molecular formula is C22H23ClF3N5O2. The monoisotopic (exact) mass is 481 g/mol. The van der Waals surface area contributed by atoms with E-state index in [0.717, 1.165) is 6.07 Å². The molecule has 1 unspecified atom stereocenters. The molecule has 1 atom stereocenters. The largest absolute Gasteiger partial charge is 0.348 e. The first-order chi connectivity index (χ1) is 15.6. The summed E-state index contributed by atoms with van der Waals surface area (Å²) in [6.07, 6.45) is -0.393. The highest BCUT2D eigenvalue weighted by Gasteiger charge is 2.29. The Morgan fingerprint density at radius 2 is 2.12 bits per heavy atom. The minimum absolute atomic E-state index is 0.0526. The van der Waals surface area contributed by atoms with E-state index in [4.69, 9.17) is 11.6 Å². The maximum absolute atomic E-state index is 13.9. The molecule has 7 nitrogen and oxygen atoms in total. The van der Waals surface area contributed by atoms with Gasteiger partial charge in [0.15, 0.2) is 5.82 Å². The SMILES string of the molecule is CC(C)c1c(C(=O)NC2CCN(CC(F)F)C2)cn2nc(-c3ccc(Cl)c(F)c3)[nH]c(=O)c12. The molecule has 0 saturated carbocycles. The van der Waals surface area contributed by atoms with Gasteiger partial charge in [0.1, 0.15) is 11.3 Å². The van der Waals surface area contributed by atoms with E-state index in [1.165, 1.54) is 22.8 Å². The summed E-state index contributed by atoms with van der Waals surface area (Å²) in [5, 5.41) is 7.22. The number of rotatable bonds is 6. The normalized spacial score (nSPS) is 16.9. The molecule has 1 aromatic carbocycles. The van der Waals surface area contributed by atoms with Crippen molar-refractivity contribution >= 4 is 23.0 Å². The van der Waals surface area contributed by atoms with Gasteiger partial charge in [-0.15, -0.1) is 5.10 Å². The van der Waals surface area contributed by atoms with E-state index in [2.05, 4.69) is 15.4 Å². The van der Waals surface area contributed by atoms with Crippen molar-refractivity contribution in [2.45, 2.75) is 38.7 Å². The Bertz CT molecular complexity index is 1260. The number of fused-ring (bicyclic) bond motifs is 1. The lowest BCUT2D eigenvalue weighted by Crippen LogP contribution is -2.38. The van der Waals surface area contributed by atoms with Crippen LogP contribution in [-0.4, -0.2) is 57.5 Å². The van der Waals surface area contributed by atoms with Gasteiger partial charge in [0.05, 0.1) is 17.1 Å². The topological polar surface area (TPSA) is 82.5 Å². The summed E-state index contributed by atoms with van der Waals surface area (Å²) in [6.45, 7) is 4.20. The van der Waals surface area contributed by atoms with Gasteiger partial charge in [0.25, 0.3) is 17.9 Å². The summed E-state index contributed by atoms with van der Waals surface area (Å²) in [6, 6.07) is 3.79. The molecule has 33 heavy (non-hydrogen) atoms. The van der Waals surface area contributed by atoms with Gasteiger partial charge < -0.3 is 10.3 Å². The van der Waals surface area contributed by atoms with Crippen LogP contribution in [0.5, 0.6) is 0 Å². The Morgan fingerprint density at radius 3 is 2.79 bits per heavy atom. The quantitative estimate of drug-likeness (QED) is 0.563. The number of aromatic amines is 1. The number of benzene rings is 1. The maximum atomic E-state index is 13.9. The number of aromatic nitrogens is 3. The van der Waals surface area contributed by atoms with Gasteiger partial charge in [-0.2, -0.15) is 0 Å². The van der Waals surface area contributed by atoms with E-state index in [1.807, 2.05) is 13.8 Å². The number of nitrogens with zero attached hydrogens (tertiary/aromatic N) is 3. The van der Waals surface area contributed by atoms with Crippen LogP contribution in [0.3, 0.4) is 0 Å². The summed E-state index contributed by atoms with van der Waals surface area (Å²) in [5.41, 5.74) is 0.889. The molecular weight excluding hydrogens is 459 g/mol. The minimum Gasteiger partial charge on any atom is -0.348 e. The number of amides is 1. The lowest BCUT2D eigenvalue weighted by molar-refractivity contribution is 0.0917. The van der Waals surface area contributed by atoms with Crippen LogP contribution < -0.4 is 10.9 Å². The molecule has 0 bridgehead atoms. The predicted octanol–water partition coefficient (Wildman–Crippen LogP) is 3.67. The molecule has 1 aliphatic heterocycles. The molecule has 2 aromatic heterocycles. The van der Waals surface area contributed by atoms with Crippen LogP contribution in [0.1, 0.15) is 42.1 Å². The standard InChI is InChI=1S/C22H23ClF3N5O2/c1-11(2)18-14(21(32)27-13-5-6-30(8-13)10-17(25)26)9-31-19(18)22(33)28-20(29-31)12-3-4-15(23)16(24)7-12/h3-4,7,9,11,13,17H,5-6,8,10H2,1-2H3,(H,27,32)(H,28,29,33). The number of carbonyl (C=O) groups excluding carboxylic acids is 1. The van der Waals surface area contributed by atoms with Crippen LogP contribution >= 0.6 is 11.6 Å². The van der Waals surface area contributed by atoms with Gasteiger partial charge in [0.2, 0.25) is 0 Å². The van der Waals surface area contributed by atoms with Gasteiger partial charge in [-0.25, -0.2) is 17.7 Å². The van der Waals surface area contributed by atoms with Crippen LogP contribution in [-0.2, 0) is 0 Å². The third-order valence-electron chi connectivity index (χ3n) is 5.70. The van der Waals surface area contributed by atoms with Crippen molar-refractivity contribution in [1.29, 1.82) is 0 Å². The van der Waals surface area contributed by atoms with Crippen molar-refractivity contribution in [3.63, 3.8) is 0 Å². The molecule has 1 aliphatic rings. The highest BCUT2D eigenvalue weighted by atomic mass is 35.5. The van der Waals surface area contributed by atoms with E-state index in [1.54, 1.807) is 4.90 Å². The van der Waals surface area contributed by atoms with E-state index in [0.29, 0.717) is 30.6 Å². The summed E-state index contributed by atoms with van der Waals surface area (Å²) < 4.78 is 40.5. The molecule has 3 heterocycles. The van der Waals surface area contributed by atoms with Crippen molar-refractivity contribution in [3.8, 4) is 11.4 Å². The highest BCUT2D eigenvalue weighted by molar-refractivity contribution is 6.30. The molecule has 1 amide bonds. The Morgan fingerprint density at radius 1 is 1.36 bits per heavy atom. The molecule has 11 heteroatoms. The van der Waals surface area contributed by atoms with Crippen molar-refractivity contribution in [1.82, 2.24) is 24.8 Å². The zero-order chi connectivity index (χ0) is 23.9. The summed E-state index contributed by atoms with van der Waals surface area (Å²) in [5.74, 6) is -1.09. The van der Waals surface area contributed by atoms with Gasteiger partial charge in [-0.05, 0) is 30.5 Å². The Labute approximate surface area is 192 Å². The second kappa shape index (κ2) is 9.18.